The Morgan fingerprint density at radius 2 is 0.786 bits per heavy atom. The average Bonchev–Trinajstić information content (AvgIpc) is 3.06. The van der Waals surface area contributed by atoms with Crippen LogP contribution in [0, 0.1) is 0 Å². The molecule has 6 aromatic carbocycles. The van der Waals surface area contributed by atoms with Crippen molar-refractivity contribution in [3.8, 4) is 45.3 Å². The van der Waals surface area contributed by atoms with Crippen molar-refractivity contribution in [3.05, 3.63) is 121 Å². The van der Waals surface area contributed by atoms with Gasteiger partial charge in [-0.2, -0.15) is 0 Å². The first-order chi connectivity index (χ1) is 20.8. The summed E-state index contributed by atoms with van der Waals surface area (Å²) in [4.78, 5) is 0. The Balaban J connectivity index is 1.48. The summed E-state index contributed by atoms with van der Waals surface area (Å²) in [6, 6.07) is 41.9. The quantitative estimate of drug-likeness (QED) is 0.199. The second-order valence-electron chi connectivity index (χ2n) is 10.1. The summed E-state index contributed by atoms with van der Waals surface area (Å²) in [7, 11) is 0.774. The second-order valence-corrected chi connectivity index (χ2v) is 13.5. The maximum atomic E-state index is 7.01. The monoisotopic (exact) mass is 584 g/mol. The topological polar surface area (TPSA) is 36.9 Å². The van der Waals surface area contributed by atoms with Gasteiger partial charge >= 0.3 is 0 Å². The Labute approximate surface area is 247 Å². The molecule has 0 saturated heterocycles. The van der Waals surface area contributed by atoms with Gasteiger partial charge in [0.25, 0.3) is 0 Å². The third-order valence-electron chi connectivity index (χ3n) is 7.86. The van der Waals surface area contributed by atoms with Crippen LogP contribution in [-0.2, 0) is 0 Å². The molecular weight excluding hydrogens is 558 g/mol. The molecule has 2 atom stereocenters. The minimum absolute atomic E-state index is 0.795. The van der Waals surface area contributed by atoms with E-state index in [2.05, 4.69) is 97.1 Å². The van der Waals surface area contributed by atoms with Crippen LogP contribution in [-0.4, -0.2) is 14.2 Å². The van der Waals surface area contributed by atoms with Crippen LogP contribution in [0.25, 0.3) is 33.0 Å². The molecule has 6 aromatic rings. The number of hydrogen-bond donors (Lipinski definition) is 0. The van der Waals surface area contributed by atoms with Gasteiger partial charge in [-0.25, -0.2) is 0 Å². The number of ether oxygens (including phenoxy) is 2. The predicted octanol–water partition coefficient (Wildman–Crippen LogP) is 7.67. The van der Waals surface area contributed by atoms with E-state index in [-0.39, 0.29) is 0 Å². The largest absolute Gasteiger partial charge is 0.495 e. The maximum absolute atomic E-state index is 7.01. The van der Waals surface area contributed by atoms with Gasteiger partial charge in [-0.15, -0.1) is 0 Å². The lowest BCUT2D eigenvalue weighted by Crippen LogP contribution is -2.36. The molecule has 4 nitrogen and oxygen atoms in total. The van der Waals surface area contributed by atoms with E-state index >= 15 is 0 Å². The highest BCUT2D eigenvalue weighted by molar-refractivity contribution is 7.75. The van der Waals surface area contributed by atoms with Crippen molar-refractivity contribution in [1.29, 1.82) is 0 Å². The van der Waals surface area contributed by atoms with Gasteiger partial charge in [0.05, 0.1) is 24.8 Å². The fraction of sp³-hybridized carbons (Fsp3) is 0.0556. The molecule has 0 spiro atoms. The molecule has 0 N–H and O–H groups in total. The smallest absolute Gasteiger partial charge is 0.156 e. The summed E-state index contributed by atoms with van der Waals surface area (Å²) in [5, 5.41) is 6.24. The van der Waals surface area contributed by atoms with E-state index in [1.807, 2.05) is 24.3 Å². The molecule has 0 aliphatic carbocycles. The van der Waals surface area contributed by atoms with Gasteiger partial charge in [0, 0.05) is 32.5 Å². The van der Waals surface area contributed by atoms with Gasteiger partial charge in [0.2, 0.25) is 0 Å². The SMILES string of the molecule is COc1c(P2Oc3ccccc3-c3ccccc32)c(P2Oc3ccccc3-c3ccccc32)c(OC)c2ccccc12. The summed E-state index contributed by atoms with van der Waals surface area (Å²) in [5.41, 5.74) is 4.54. The molecule has 2 aliphatic heterocycles. The first kappa shape index (κ1) is 25.4. The predicted molar refractivity (Wildman–Crippen MR) is 174 cm³/mol. The number of para-hydroxylation sites is 2. The summed E-state index contributed by atoms with van der Waals surface area (Å²) >= 11 is 0. The number of fused-ring (bicyclic) bond motifs is 7. The van der Waals surface area contributed by atoms with Crippen LogP contribution in [0.2, 0.25) is 0 Å². The maximum Gasteiger partial charge on any atom is 0.156 e. The highest BCUT2D eigenvalue weighted by Crippen LogP contribution is 2.56. The Kier molecular flexibility index (Phi) is 6.14. The molecule has 8 rings (SSSR count). The summed E-state index contributed by atoms with van der Waals surface area (Å²) in [5.74, 6) is 3.32. The van der Waals surface area contributed by atoms with Gasteiger partial charge in [-0.1, -0.05) is 109 Å². The second kappa shape index (κ2) is 10.2. The van der Waals surface area contributed by atoms with Crippen LogP contribution in [0.3, 0.4) is 0 Å². The van der Waals surface area contributed by atoms with E-state index in [0.717, 1.165) is 66.1 Å². The fourth-order valence-electron chi connectivity index (χ4n) is 6.06. The molecule has 0 aromatic heterocycles. The zero-order valence-electron chi connectivity index (χ0n) is 23.1. The first-order valence-corrected chi connectivity index (χ1v) is 16.3. The third kappa shape index (κ3) is 3.76. The Morgan fingerprint density at radius 1 is 0.429 bits per heavy atom. The number of rotatable bonds is 4. The van der Waals surface area contributed by atoms with E-state index < -0.39 is 16.3 Å². The normalized spacial score (nSPS) is 16.2. The van der Waals surface area contributed by atoms with Gasteiger partial charge in [0.1, 0.15) is 23.0 Å². The Hall–Kier alpha value is -4.36. The van der Waals surface area contributed by atoms with Gasteiger partial charge in [-0.3, -0.25) is 0 Å². The number of hydrogen-bond acceptors (Lipinski definition) is 4. The van der Waals surface area contributed by atoms with Crippen molar-refractivity contribution < 1.29 is 18.5 Å². The van der Waals surface area contributed by atoms with Crippen LogP contribution >= 0.6 is 16.3 Å². The van der Waals surface area contributed by atoms with Crippen LogP contribution in [0.4, 0.5) is 0 Å². The zero-order chi connectivity index (χ0) is 28.2. The van der Waals surface area contributed by atoms with Crippen molar-refractivity contribution in [2.24, 2.45) is 0 Å². The molecule has 2 heterocycles. The molecule has 0 fully saturated rings. The zero-order valence-corrected chi connectivity index (χ0v) is 24.9. The molecule has 204 valence electrons. The average molecular weight is 585 g/mol. The molecule has 2 unspecified atom stereocenters. The highest BCUT2D eigenvalue weighted by atomic mass is 31.1. The van der Waals surface area contributed by atoms with E-state index in [1.54, 1.807) is 14.2 Å². The van der Waals surface area contributed by atoms with Crippen LogP contribution in [0.5, 0.6) is 23.0 Å². The van der Waals surface area contributed by atoms with E-state index in [4.69, 9.17) is 18.5 Å². The molecule has 0 bridgehead atoms. The summed E-state index contributed by atoms with van der Waals surface area (Å²) in [6.45, 7) is 0. The van der Waals surface area contributed by atoms with Crippen molar-refractivity contribution in [2.45, 2.75) is 0 Å². The first-order valence-electron chi connectivity index (χ1n) is 13.8. The lowest BCUT2D eigenvalue weighted by molar-refractivity contribution is 0.415. The Bertz CT molecular complexity index is 1860. The minimum atomic E-state index is -1.36. The van der Waals surface area contributed by atoms with Gasteiger partial charge in [-0.05, 0) is 23.3 Å². The highest BCUT2D eigenvalue weighted by Gasteiger charge is 2.40. The van der Waals surface area contributed by atoms with Crippen molar-refractivity contribution in [2.75, 3.05) is 14.2 Å². The van der Waals surface area contributed by atoms with E-state index in [0.29, 0.717) is 0 Å². The van der Waals surface area contributed by atoms with Crippen LogP contribution < -0.4 is 39.7 Å². The molecule has 0 saturated carbocycles. The van der Waals surface area contributed by atoms with Crippen molar-refractivity contribution in [1.82, 2.24) is 0 Å². The van der Waals surface area contributed by atoms with Crippen LogP contribution in [0.1, 0.15) is 0 Å². The molecule has 42 heavy (non-hydrogen) atoms. The van der Waals surface area contributed by atoms with Crippen molar-refractivity contribution >= 4 is 48.3 Å². The summed E-state index contributed by atoms with van der Waals surface area (Å²) < 4.78 is 26.7. The molecular formula is C36H26O4P2. The lowest BCUT2D eigenvalue weighted by Gasteiger charge is -2.35. The van der Waals surface area contributed by atoms with Gasteiger partial charge in [0.15, 0.2) is 16.3 Å². The Morgan fingerprint density at radius 3 is 1.21 bits per heavy atom. The van der Waals surface area contributed by atoms with Gasteiger partial charge < -0.3 is 18.5 Å². The standard InChI is InChI=1S/C36H26O4P2/c1-37-33-27-17-3-4-18-28(27)34(38-2)36(42-32-22-12-8-16-26(32)24-14-6-10-20-30(24)40-42)35(33)41-31-21-11-7-15-25(31)23-13-5-9-19-29(23)39-41/h3-22H,1-2H3. The number of methoxy groups -OCH3 is 2. The summed E-state index contributed by atoms with van der Waals surface area (Å²) in [6.07, 6.45) is 0. The minimum Gasteiger partial charge on any atom is -0.495 e. The van der Waals surface area contributed by atoms with E-state index in [1.165, 1.54) is 11.1 Å². The molecule has 6 heteroatoms. The number of benzene rings is 6. The molecule has 0 radical (unpaired) electrons. The molecule has 2 aliphatic rings. The van der Waals surface area contributed by atoms with Crippen LogP contribution in [0.15, 0.2) is 121 Å². The lowest BCUT2D eigenvalue weighted by atomic mass is 10.0. The molecule has 0 amide bonds. The third-order valence-corrected chi connectivity index (χ3v) is 12.1. The van der Waals surface area contributed by atoms with E-state index in [9.17, 15) is 0 Å². The van der Waals surface area contributed by atoms with Crippen molar-refractivity contribution in [3.63, 3.8) is 0 Å². The fourth-order valence-corrected chi connectivity index (χ4v) is 10.8.